The van der Waals surface area contributed by atoms with Crippen molar-refractivity contribution in [3.05, 3.63) is 18.2 Å². The molecular weight excluding hydrogens is 212 g/mol. The van der Waals surface area contributed by atoms with E-state index < -0.39 is 9.84 Å². The van der Waals surface area contributed by atoms with Crippen molar-refractivity contribution >= 4 is 21.2 Å². The molecule has 3 rings (SSSR count). The van der Waals surface area contributed by atoms with Crippen LogP contribution < -0.4 is 10.2 Å². The largest absolute Gasteiger partial charge is 0.382 e. The lowest BCUT2D eigenvalue weighted by Gasteiger charge is -2.36. The molecular formula is C10H12N2O2S. The van der Waals surface area contributed by atoms with Crippen molar-refractivity contribution < 1.29 is 8.42 Å². The predicted octanol–water partition coefficient (Wildman–Crippen LogP) is 0.706. The number of anilines is 2. The number of nitrogens with one attached hydrogen (secondary N) is 1. The molecule has 0 radical (unpaired) electrons. The standard InChI is InChI=1S/C10H12N2O2S/c13-15(14)7-6-12-5-4-11-8-2-1-3-9(15)10(8)12/h1-3,11H,4-7H2. The molecule has 0 spiro atoms. The van der Waals surface area contributed by atoms with Crippen LogP contribution in [0.2, 0.25) is 0 Å². The van der Waals surface area contributed by atoms with Crippen LogP contribution in [0.3, 0.4) is 0 Å². The Labute approximate surface area is 88.8 Å². The zero-order chi connectivity index (χ0) is 10.5. The lowest BCUT2D eigenvalue weighted by atomic mass is 10.2. The Kier molecular flexibility index (Phi) is 1.74. The van der Waals surface area contributed by atoms with E-state index in [0.29, 0.717) is 11.4 Å². The second-order valence-corrected chi connectivity index (χ2v) is 5.96. The molecule has 15 heavy (non-hydrogen) atoms. The number of benzene rings is 1. The van der Waals surface area contributed by atoms with Crippen LogP contribution in [0.5, 0.6) is 0 Å². The average Bonchev–Trinajstić information content (AvgIpc) is 2.24. The molecule has 1 aromatic rings. The predicted molar refractivity (Wildman–Crippen MR) is 59.2 cm³/mol. The maximum Gasteiger partial charge on any atom is 0.182 e. The Hall–Kier alpha value is -1.23. The van der Waals surface area contributed by atoms with Crippen molar-refractivity contribution in [2.24, 2.45) is 0 Å². The van der Waals surface area contributed by atoms with Gasteiger partial charge in [0.2, 0.25) is 0 Å². The summed E-state index contributed by atoms with van der Waals surface area (Å²) < 4.78 is 23.7. The van der Waals surface area contributed by atoms with E-state index in [4.69, 9.17) is 0 Å². The Bertz CT molecular complexity index is 510. The van der Waals surface area contributed by atoms with Gasteiger partial charge in [0.15, 0.2) is 9.84 Å². The van der Waals surface area contributed by atoms with E-state index in [0.717, 1.165) is 24.5 Å². The lowest BCUT2D eigenvalue weighted by molar-refractivity contribution is 0.589. The van der Waals surface area contributed by atoms with E-state index in [1.54, 1.807) is 12.1 Å². The van der Waals surface area contributed by atoms with E-state index in [9.17, 15) is 8.42 Å². The van der Waals surface area contributed by atoms with Crippen molar-refractivity contribution in [1.82, 2.24) is 0 Å². The third kappa shape index (κ3) is 1.23. The van der Waals surface area contributed by atoms with Gasteiger partial charge in [0.25, 0.3) is 0 Å². The van der Waals surface area contributed by atoms with Crippen LogP contribution in [0.4, 0.5) is 11.4 Å². The summed E-state index contributed by atoms with van der Waals surface area (Å²) in [6, 6.07) is 5.44. The van der Waals surface area contributed by atoms with Crippen LogP contribution in [0.25, 0.3) is 0 Å². The maximum atomic E-state index is 11.9. The molecule has 5 heteroatoms. The highest BCUT2D eigenvalue weighted by Gasteiger charge is 2.31. The van der Waals surface area contributed by atoms with Crippen molar-refractivity contribution in [2.45, 2.75) is 4.90 Å². The Balaban J connectivity index is 2.31. The van der Waals surface area contributed by atoms with Crippen molar-refractivity contribution in [2.75, 3.05) is 35.6 Å². The van der Waals surface area contributed by atoms with Crippen LogP contribution in [0.1, 0.15) is 0 Å². The zero-order valence-electron chi connectivity index (χ0n) is 8.23. The Morgan fingerprint density at radius 1 is 1.27 bits per heavy atom. The number of rotatable bonds is 0. The molecule has 0 aliphatic carbocycles. The fraction of sp³-hybridized carbons (Fsp3) is 0.400. The van der Waals surface area contributed by atoms with Gasteiger partial charge >= 0.3 is 0 Å². The number of hydrogen-bond acceptors (Lipinski definition) is 4. The van der Waals surface area contributed by atoms with Crippen molar-refractivity contribution in [3.8, 4) is 0 Å². The third-order valence-corrected chi connectivity index (χ3v) is 4.70. The average molecular weight is 224 g/mol. The summed E-state index contributed by atoms with van der Waals surface area (Å²) in [5.41, 5.74) is 1.82. The topological polar surface area (TPSA) is 49.4 Å². The first-order chi connectivity index (χ1) is 7.18. The molecule has 0 aromatic heterocycles. The second-order valence-electron chi connectivity index (χ2n) is 3.89. The molecule has 1 N–H and O–H groups in total. The van der Waals surface area contributed by atoms with Crippen LogP contribution in [-0.4, -0.2) is 33.8 Å². The summed E-state index contributed by atoms with van der Waals surface area (Å²) in [7, 11) is -3.06. The molecule has 2 aliphatic rings. The molecule has 0 saturated heterocycles. The molecule has 2 aliphatic heterocycles. The zero-order valence-corrected chi connectivity index (χ0v) is 9.05. The smallest absolute Gasteiger partial charge is 0.182 e. The van der Waals surface area contributed by atoms with Gasteiger partial charge in [-0.2, -0.15) is 0 Å². The molecule has 2 heterocycles. The van der Waals surface area contributed by atoms with Crippen LogP contribution in [0, 0.1) is 0 Å². The molecule has 0 saturated carbocycles. The molecule has 0 bridgehead atoms. The fourth-order valence-electron chi connectivity index (χ4n) is 2.24. The van der Waals surface area contributed by atoms with Crippen LogP contribution in [0.15, 0.2) is 23.1 Å². The monoisotopic (exact) mass is 224 g/mol. The summed E-state index contributed by atoms with van der Waals surface area (Å²) >= 11 is 0. The first kappa shape index (κ1) is 9.03. The molecule has 4 nitrogen and oxygen atoms in total. The summed E-state index contributed by atoms with van der Waals surface area (Å²) in [4.78, 5) is 2.64. The van der Waals surface area contributed by atoms with Crippen molar-refractivity contribution in [3.63, 3.8) is 0 Å². The third-order valence-electron chi connectivity index (χ3n) is 2.98. The molecule has 80 valence electrons. The van der Waals surface area contributed by atoms with Gasteiger partial charge in [0, 0.05) is 19.6 Å². The Morgan fingerprint density at radius 3 is 3.00 bits per heavy atom. The van der Waals surface area contributed by atoms with Gasteiger partial charge in [-0.15, -0.1) is 0 Å². The minimum Gasteiger partial charge on any atom is -0.382 e. The van der Waals surface area contributed by atoms with Gasteiger partial charge in [-0.1, -0.05) is 6.07 Å². The number of sulfone groups is 1. The molecule has 0 unspecified atom stereocenters. The van der Waals surface area contributed by atoms with Gasteiger partial charge in [0.05, 0.1) is 22.0 Å². The minimum atomic E-state index is -3.06. The van der Waals surface area contributed by atoms with E-state index in [1.165, 1.54) is 0 Å². The van der Waals surface area contributed by atoms with Crippen molar-refractivity contribution in [1.29, 1.82) is 0 Å². The van der Waals surface area contributed by atoms with E-state index in [2.05, 4.69) is 10.2 Å². The summed E-state index contributed by atoms with van der Waals surface area (Å²) in [6.07, 6.45) is 0. The van der Waals surface area contributed by atoms with E-state index in [1.807, 2.05) is 6.07 Å². The van der Waals surface area contributed by atoms with Gasteiger partial charge in [-0.05, 0) is 12.1 Å². The van der Waals surface area contributed by atoms with Crippen LogP contribution >= 0.6 is 0 Å². The summed E-state index contributed by atoms with van der Waals surface area (Å²) in [5.74, 6) is 0.240. The normalized spacial score (nSPS) is 21.7. The molecule has 1 aromatic carbocycles. The summed E-state index contributed by atoms with van der Waals surface area (Å²) in [5, 5.41) is 3.23. The molecule has 0 amide bonds. The quantitative estimate of drug-likeness (QED) is 0.705. The van der Waals surface area contributed by atoms with Gasteiger partial charge < -0.3 is 10.2 Å². The maximum absolute atomic E-state index is 11.9. The molecule has 0 atom stereocenters. The first-order valence-electron chi connectivity index (χ1n) is 5.03. The molecule has 0 fully saturated rings. The first-order valence-corrected chi connectivity index (χ1v) is 6.68. The van der Waals surface area contributed by atoms with Gasteiger partial charge in [-0.25, -0.2) is 8.42 Å². The number of para-hydroxylation sites is 1. The Morgan fingerprint density at radius 2 is 2.13 bits per heavy atom. The summed E-state index contributed by atoms with van der Waals surface area (Å²) in [6.45, 7) is 2.39. The van der Waals surface area contributed by atoms with Crippen LogP contribution in [-0.2, 0) is 9.84 Å². The minimum absolute atomic E-state index is 0.240. The number of hydrogen-bond donors (Lipinski definition) is 1. The fourth-order valence-corrected chi connectivity index (χ4v) is 3.74. The van der Waals surface area contributed by atoms with E-state index in [-0.39, 0.29) is 5.75 Å². The highest BCUT2D eigenvalue weighted by atomic mass is 32.2. The van der Waals surface area contributed by atoms with Gasteiger partial charge in [0.1, 0.15) is 0 Å². The highest BCUT2D eigenvalue weighted by Crippen LogP contribution is 2.38. The van der Waals surface area contributed by atoms with E-state index >= 15 is 0 Å². The lowest BCUT2D eigenvalue weighted by Crippen LogP contribution is -2.41. The highest BCUT2D eigenvalue weighted by molar-refractivity contribution is 7.91. The second kappa shape index (κ2) is 2.88. The SMILES string of the molecule is O=S1(=O)CCN2CCNc3cccc1c32. The van der Waals surface area contributed by atoms with Gasteiger partial charge in [-0.3, -0.25) is 0 Å². The number of nitrogens with zero attached hydrogens (tertiary/aromatic N) is 1.